The van der Waals surface area contributed by atoms with Crippen LogP contribution < -0.4 is 0 Å². The number of carbonyl (C=O) groups excluding carboxylic acids is 1. The number of esters is 1. The van der Waals surface area contributed by atoms with Crippen molar-refractivity contribution in [3.8, 4) is 0 Å². The van der Waals surface area contributed by atoms with Crippen LogP contribution >= 0.6 is 0 Å². The highest BCUT2D eigenvalue weighted by atomic mass is 16.5. The Hall–Kier alpha value is -1.43. The lowest BCUT2D eigenvalue weighted by Crippen LogP contribution is -2.45. The Bertz CT molecular complexity index is 521. The third kappa shape index (κ3) is 2.89. The molecule has 0 saturated carbocycles. The molecule has 1 aromatic carbocycles. The predicted molar refractivity (Wildman–Crippen MR) is 81.3 cm³/mol. The minimum Gasteiger partial charge on any atom is -0.462 e. The third-order valence-corrected chi connectivity index (χ3v) is 5.05. The summed E-state index contributed by atoms with van der Waals surface area (Å²) < 4.78 is 5.64. The zero-order chi connectivity index (χ0) is 15.7. The maximum atomic E-state index is 12.4. The van der Waals surface area contributed by atoms with Crippen molar-refractivity contribution >= 4 is 5.97 Å². The summed E-state index contributed by atoms with van der Waals surface area (Å²) >= 11 is 0. The molecule has 120 valence electrons. The summed E-state index contributed by atoms with van der Waals surface area (Å²) in [4.78, 5) is 14.6. The first-order chi connectivity index (χ1) is 10.6. The van der Waals surface area contributed by atoms with Gasteiger partial charge in [-0.05, 0) is 19.0 Å². The molecule has 2 saturated heterocycles. The lowest BCUT2D eigenvalue weighted by Gasteiger charge is -2.36. The van der Waals surface area contributed by atoms with Crippen molar-refractivity contribution in [2.75, 3.05) is 13.7 Å². The maximum absolute atomic E-state index is 12.4. The van der Waals surface area contributed by atoms with Crippen LogP contribution in [0.3, 0.4) is 0 Å². The Morgan fingerprint density at radius 1 is 1.32 bits per heavy atom. The SMILES string of the molecule is CN1C2C[C@H](OC(=O)[C@H](CO)c3ccccc3)CC1[C@@H](O)C2. The van der Waals surface area contributed by atoms with Crippen molar-refractivity contribution in [1.29, 1.82) is 0 Å². The molecule has 2 unspecified atom stereocenters. The minimum absolute atomic E-state index is 0.0702. The molecule has 0 spiro atoms. The summed E-state index contributed by atoms with van der Waals surface area (Å²) in [5.41, 5.74) is 0.769. The fraction of sp³-hybridized carbons (Fsp3) is 0.588. The van der Waals surface area contributed by atoms with Gasteiger partial charge in [0.2, 0.25) is 0 Å². The topological polar surface area (TPSA) is 70.0 Å². The molecule has 2 N–H and O–H groups in total. The Kier molecular flexibility index (Phi) is 4.47. The molecule has 5 nitrogen and oxygen atoms in total. The van der Waals surface area contributed by atoms with E-state index in [1.165, 1.54) is 0 Å². The van der Waals surface area contributed by atoms with E-state index >= 15 is 0 Å². The van der Waals surface area contributed by atoms with E-state index in [1.807, 2.05) is 37.4 Å². The van der Waals surface area contributed by atoms with Gasteiger partial charge in [0.1, 0.15) is 12.0 Å². The van der Waals surface area contributed by atoms with Crippen LogP contribution in [0.15, 0.2) is 30.3 Å². The summed E-state index contributed by atoms with van der Waals surface area (Å²) in [6, 6.07) is 9.56. The van der Waals surface area contributed by atoms with Crippen LogP contribution in [0, 0.1) is 0 Å². The van der Waals surface area contributed by atoms with Crippen molar-refractivity contribution < 1.29 is 19.7 Å². The van der Waals surface area contributed by atoms with Gasteiger partial charge in [-0.2, -0.15) is 0 Å². The number of piperidine rings is 1. The lowest BCUT2D eigenvalue weighted by atomic mass is 9.98. The molecule has 0 aliphatic carbocycles. The van der Waals surface area contributed by atoms with Gasteiger partial charge in [0.25, 0.3) is 0 Å². The highest BCUT2D eigenvalue weighted by molar-refractivity contribution is 5.78. The van der Waals surface area contributed by atoms with Gasteiger partial charge in [0.05, 0.1) is 12.7 Å². The number of nitrogens with zero attached hydrogens (tertiary/aromatic N) is 1. The molecule has 2 fully saturated rings. The van der Waals surface area contributed by atoms with Crippen LogP contribution in [0.2, 0.25) is 0 Å². The van der Waals surface area contributed by atoms with Crippen LogP contribution in [-0.2, 0) is 9.53 Å². The number of aliphatic hydroxyl groups excluding tert-OH is 2. The Morgan fingerprint density at radius 2 is 2.05 bits per heavy atom. The maximum Gasteiger partial charge on any atom is 0.316 e. The van der Waals surface area contributed by atoms with Gasteiger partial charge < -0.3 is 14.9 Å². The fourth-order valence-electron chi connectivity index (χ4n) is 3.74. The molecule has 0 amide bonds. The Morgan fingerprint density at radius 3 is 2.68 bits per heavy atom. The second kappa shape index (κ2) is 6.36. The predicted octanol–water partition coefficient (Wildman–Crippen LogP) is 0.902. The number of carbonyl (C=O) groups is 1. The monoisotopic (exact) mass is 305 g/mol. The van der Waals surface area contributed by atoms with Gasteiger partial charge >= 0.3 is 5.97 Å². The number of rotatable bonds is 4. The zero-order valence-electron chi connectivity index (χ0n) is 12.8. The lowest BCUT2D eigenvalue weighted by molar-refractivity contribution is -0.155. The molecule has 2 heterocycles. The van der Waals surface area contributed by atoms with E-state index in [0.29, 0.717) is 6.42 Å². The van der Waals surface area contributed by atoms with Crippen molar-refractivity contribution in [1.82, 2.24) is 4.90 Å². The Balaban J connectivity index is 1.65. The van der Waals surface area contributed by atoms with Gasteiger partial charge in [0, 0.05) is 24.9 Å². The first-order valence-electron chi connectivity index (χ1n) is 7.86. The molecule has 5 heteroatoms. The van der Waals surface area contributed by atoms with Crippen molar-refractivity contribution in [2.24, 2.45) is 0 Å². The first-order valence-corrected chi connectivity index (χ1v) is 7.86. The number of ether oxygens (including phenoxy) is 1. The van der Waals surface area contributed by atoms with Crippen LogP contribution in [0.1, 0.15) is 30.7 Å². The van der Waals surface area contributed by atoms with Crippen LogP contribution in [-0.4, -0.2) is 59.0 Å². The number of fused-ring (bicyclic) bond motifs is 2. The van der Waals surface area contributed by atoms with Gasteiger partial charge in [-0.15, -0.1) is 0 Å². The van der Waals surface area contributed by atoms with Crippen LogP contribution in [0.25, 0.3) is 0 Å². The van der Waals surface area contributed by atoms with Crippen molar-refractivity contribution in [2.45, 2.75) is 49.5 Å². The number of aliphatic hydroxyl groups is 2. The van der Waals surface area contributed by atoms with E-state index in [9.17, 15) is 15.0 Å². The number of benzene rings is 1. The standard InChI is InChI=1S/C17H23NO4/c1-18-12-7-13(9-15(18)16(20)8-12)22-17(21)14(10-19)11-5-3-2-4-6-11/h2-6,12-16,19-20H,7-10H2,1H3/t12?,13-,14+,15?,16-/m0/s1. The highest BCUT2D eigenvalue weighted by Gasteiger charge is 2.45. The highest BCUT2D eigenvalue weighted by Crippen LogP contribution is 2.36. The molecular formula is C17H23NO4. The summed E-state index contributed by atoms with van der Waals surface area (Å²) in [6.07, 6.45) is 1.66. The molecule has 5 atom stereocenters. The minimum atomic E-state index is -0.636. The van der Waals surface area contributed by atoms with Gasteiger partial charge in [0.15, 0.2) is 0 Å². The summed E-state index contributed by atoms with van der Waals surface area (Å²) in [5, 5.41) is 19.6. The average molecular weight is 305 g/mol. The second-order valence-electron chi connectivity index (χ2n) is 6.37. The second-order valence-corrected chi connectivity index (χ2v) is 6.37. The largest absolute Gasteiger partial charge is 0.462 e. The number of hydrogen-bond donors (Lipinski definition) is 2. The normalized spacial score (nSPS) is 32.7. The Labute approximate surface area is 130 Å². The zero-order valence-corrected chi connectivity index (χ0v) is 12.8. The number of likely N-dealkylation sites (N-methyl/N-ethyl adjacent to an activating group) is 1. The van der Waals surface area contributed by atoms with Crippen molar-refractivity contribution in [3.63, 3.8) is 0 Å². The quantitative estimate of drug-likeness (QED) is 0.809. The van der Waals surface area contributed by atoms with E-state index in [2.05, 4.69) is 4.90 Å². The molecule has 2 aliphatic rings. The molecule has 22 heavy (non-hydrogen) atoms. The summed E-state index contributed by atoms with van der Waals surface area (Å²) in [6.45, 7) is -0.259. The molecule has 0 radical (unpaired) electrons. The van der Waals surface area contributed by atoms with Crippen molar-refractivity contribution in [3.05, 3.63) is 35.9 Å². The van der Waals surface area contributed by atoms with Crippen LogP contribution in [0.4, 0.5) is 0 Å². The van der Waals surface area contributed by atoms with E-state index in [0.717, 1.165) is 18.4 Å². The van der Waals surface area contributed by atoms with E-state index in [1.54, 1.807) is 0 Å². The molecule has 1 aromatic rings. The molecule has 0 aromatic heterocycles. The van der Waals surface area contributed by atoms with E-state index < -0.39 is 5.92 Å². The van der Waals surface area contributed by atoms with Gasteiger partial charge in [-0.3, -0.25) is 9.69 Å². The van der Waals surface area contributed by atoms with Gasteiger partial charge in [-0.25, -0.2) is 0 Å². The molecule has 2 aliphatic heterocycles. The van der Waals surface area contributed by atoms with E-state index in [4.69, 9.17) is 4.74 Å². The molecule has 3 rings (SSSR count). The molecule has 2 bridgehead atoms. The van der Waals surface area contributed by atoms with Gasteiger partial charge in [-0.1, -0.05) is 30.3 Å². The smallest absolute Gasteiger partial charge is 0.316 e. The molecular weight excluding hydrogens is 282 g/mol. The van der Waals surface area contributed by atoms with E-state index in [-0.39, 0.29) is 36.9 Å². The average Bonchev–Trinajstić information content (AvgIpc) is 2.68. The number of hydrogen-bond acceptors (Lipinski definition) is 5. The first kappa shape index (κ1) is 15.5. The fourth-order valence-corrected chi connectivity index (χ4v) is 3.74. The third-order valence-electron chi connectivity index (χ3n) is 5.05. The van der Waals surface area contributed by atoms with Crippen LogP contribution in [0.5, 0.6) is 0 Å². The summed E-state index contributed by atoms with van der Waals surface area (Å²) in [5.74, 6) is -1.01. The summed E-state index contributed by atoms with van der Waals surface area (Å²) in [7, 11) is 2.02.